The fraction of sp³-hybridized carbons (Fsp3) is 0.600. The summed E-state index contributed by atoms with van der Waals surface area (Å²) in [4.78, 5) is 10.9. The Morgan fingerprint density at radius 3 is 2.89 bits per heavy atom. The Morgan fingerprint density at radius 1 is 1.61 bits per heavy atom. The molecule has 1 aromatic heterocycles. The molecular formula is C10H17N3O4S. The summed E-state index contributed by atoms with van der Waals surface area (Å²) < 4.78 is 30.4. The van der Waals surface area contributed by atoms with E-state index in [0.29, 0.717) is 0 Å². The van der Waals surface area contributed by atoms with Crippen molar-refractivity contribution in [2.75, 3.05) is 12.9 Å². The summed E-state index contributed by atoms with van der Waals surface area (Å²) in [6.45, 7) is 1.72. The van der Waals surface area contributed by atoms with Crippen molar-refractivity contribution in [3.8, 4) is 0 Å². The maximum atomic E-state index is 11.7. The van der Waals surface area contributed by atoms with Gasteiger partial charge in [0.25, 0.3) is 0 Å². The molecule has 18 heavy (non-hydrogen) atoms. The average molecular weight is 275 g/mol. The number of carbonyl (C=O) groups is 1. The molecule has 2 N–H and O–H groups in total. The molecule has 1 unspecified atom stereocenters. The molecule has 0 saturated heterocycles. The molecule has 0 aliphatic rings. The predicted octanol–water partition coefficient (Wildman–Crippen LogP) is 0.343. The largest absolute Gasteiger partial charge is 0.469 e. The third kappa shape index (κ3) is 4.84. The molecule has 0 aliphatic carbocycles. The molecule has 0 spiro atoms. The van der Waals surface area contributed by atoms with Crippen LogP contribution in [0.5, 0.6) is 0 Å². The second kappa shape index (κ2) is 6.50. The zero-order valence-corrected chi connectivity index (χ0v) is 11.2. The van der Waals surface area contributed by atoms with Crippen LogP contribution in [0, 0.1) is 0 Å². The van der Waals surface area contributed by atoms with Crippen molar-refractivity contribution in [1.29, 1.82) is 0 Å². The van der Waals surface area contributed by atoms with Crippen molar-refractivity contribution in [3.63, 3.8) is 0 Å². The van der Waals surface area contributed by atoms with Gasteiger partial charge in [-0.2, -0.15) is 5.10 Å². The first-order valence-corrected chi connectivity index (χ1v) is 7.15. The molecule has 1 rings (SSSR count). The average Bonchev–Trinajstić information content (AvgIpc) is 2.81. The fourth-order valence-electron chi connectivity index (χ4n) is 1.40. The first-order valence-electron chi connectivity index (χ1n) is 5.50. The highest BCUT2D eigenvalue weighted by atomic mass is 32.2. The molecule has 0 amide bonds. The van der Waals surface area contributed by atoms with Crippen molar-refractivity contribution in [2.24, 2.45) is 0 Å². The lowest BCUT2D eigenvalue weighted by Crippen LogP contribution is -2.29. The van der Waals surface area contributed by atoms with Crippen LogP contribution >= 0.6 is 0 Å². The first kappa shape index (κ1) is 14.7. The number of rotatable bonds is 7. The van der Waals surface area contributed by atoms with Crippen molar-refractivity contribution < 1.29 is 17.9 Å². The van der Waals surface area contributed by atoms with Gasteiger partial charge in [0.05, 0.1) is 19.1 Å². The minimum atomic E-state index is -3.41. The van der Waals surface area contributed by atoms with E-state index in [1.165, 1.54) is 7.11 Å². The Balaban J connectivity index is 2.42. The molecule has 0 aromatic carbocycles. The Labute approximate surface area is 106 Å². The van der Waals surface area contributed by atoms with Gasteiger partial charge in [0, 0.05) is 24.2 Å². The van der Waals surface area contributed by atoms with E-state index in [2.05, 4.69) is 19.7 Å². The number of nitrogens with one attached hydrogen (secondary N) is 2. The SMILES string of the molecule is COC(=O)CCCS(=O)(=O)NC(C)c1cn[nH]c1. The fourth-order valence-corrected chi connectivity index (χ4v) is 2.72. The topological polar surface area (TPSA) is 101 Å². The Hall–Kier alpha value is -1.41. The maximum Gasteiger partial charge on any atom is 0.305 e. The van der Waals surface area contributed by atoms with E-state index in [4.69, 9.17) is 0 Å². The van der Waals surface area contributed by atoms with Crippen LogP contribution in [0.15, 0.2) is 12.4 Å². The van der Waals surface area contributed by atoms with Gasteiger partial charge in [0.2, 0.25) is 10.0 Å². The number of aromatic amines is 1. The molecule has 0 saturated carbocycles. The zero-order valence-electron chi connectivity index (χ0n) is 10.3. The summed E-state index contributed by atoms with van der Waals surface area (Å²) in [5, 5.41) is 6.36. The normalized spacial score (nSPS) is 13.2. The Morgan fingerprint density at radius 2 is 2.33 bits per heavy atom. The zero-order chi connectivity index (χ0) is 13.6. The maximum absolute atomic E-state index is 11.7. The summed E-state index contributed by atoms with van der Waals surface area (Å²) in [7, 11) is -2.14. The van der Waals surface area contributed by atoms with Gasteiger partial charge in [-0.3, -0.25) is 9.89 Å². The number of carbonyl (C=O) groups excluding carboxylic acids is 1. The summed E-state index contributed by atoms with van der Waals surface area (Å²) in [6, 6.07) is -0.355. The molecule has 8 heteroatoms. The predicted molar refractivity (Wildman–Crippen MR) is 65.2 cm³/mol. The number of methoxy groups -OCH3 is 1. The van der Waals surface area contributed by atoms with Gasteiger partial charge in [-0.1, -0.05) is 0 Å². The van der Waals surface area contributed by atoms with Gasteiger partial charge in [0.1, 0.15) is 0 Å². The summed E-state index contributed by atoms with van der Waals surface area (Å²) in [5.74, 6) is -0.516. The van der Waals surface area contributed by atoms with Crippen LogP contribution in [0.25, 0.3) is 0 Å². The van der Waals surface area contributed by atoms with Crippen molar-refractivity contribution in [2.45, 2.75) is 25.8 Å². The van der Waals surface area contributed by atoms with Crippen LogP contribution in [0.2, 0.25) is 0 Å². The van der Waals surface area contributed by atoms with Crippen LogP contribution in [0.1, 0.15) is 31.4 Å². The first-order chi connectivity index (χ1) is 8.44. The number of sulfonamides is 1. The third-order valence-electron chi connectivity index (χ3n) is 2.40. The lowest BCUT2D eigenvalue weighted by atomic mass is 10.2. The molecule has 102 valence electrons. The van der Waals surface area contributed by atoms with Gasteiger partial charge >= 0.3 is 5.97 Å². The standard InChI is InChI=1S/C10H17N3O4S/c1-8(9-6-11-12-7-9)13-18(15,16)5-3-4-10(14)17-2/h6-8,13H,3-5H2,1-2H3,(H,11,12). The van der Waals surface area contributed by atoms with Crippen LogP contribution < -0.4 is 4.72 Å². The van der Waals surface area contributed by atoms with E-state index in [0.717, 1.165) is 5.56 Å². The minimum Gasteiger partial charge on any atom is -0.469 e. The molecule has 0 aliphatic heterocycles. The monoisotopic (exact) mass is 275 g/mol. The van der Waals surface area contributed by atoms with Gasteiger partial charge in [-0.15, -0.1) is 0 Å². The molecule has 0 radical (unpaired) electrons. The number of hydrogen-bond acceptors (Lipinski definition) is 5. The van der Waals surface area contributed by atoms with Gasteiger partial charge in [0.15, 0.2) is 0 Å². The van der Waals surface area contributed by atoms with E-state index in [-0.39, 0.29) is 24.6 Å². The number of aromatic nitrogens is 2. The Kier molecular flexibility index (Phi) is 5.29. The second-order valence-corrected chi connectivity index (χ2v) is 5.74. The van der Waals surface area contributed by atoms with Crippen molar-refractivity contribution >= 4 is 16.0 Å². The van der Waals surface area contributed by atoms with Gasteiger partial charge < -0.3 is 4.74 Å². The Bertz CT molecular complexity index is 469. The molecular weight excluding hydrogens is 258 g/mol. The summed E-state index contributed by atoms with van der Waals surface area (Å²) in [5.41, 5.74) is 0.756. The smallest absolute Gasteiger partial charge is 0.305 e. The molecule has 1 heterocycles. The van der Waals surface area contributed by atoms with Crippen LogP contribution in [0.3, 0.4) is 0 Å². The number of hydrogen-bond donors (Lipinski definition) is 2. The van der Waals surface area contributed by atoms with Crippen LogP contribution in [0.4, 0.5) is 0 Å². The van der Waals surface area contributed by atoms with E-state index < -0.39 is 16.0 Å². The summed E-state index contributed by atoms with van der Waals surface area (Å²) >= 11 is 0. The lowest BCUT2D eigenvalue weighted by molar-refractivity contribution is -0.140. The number of H-pyrrole nitrogens is 1. The van der Waals surface area contributed by atoms with Crippen molar-refractivity contribution in [3.05, 3.63) is 18.0 Å². The highest BCUT2D eigenvalue weighted by Crippen LogP contribution is 2.11. The van der Waals surface area contributed by atoms with Crippen LogP contribution in [-0.2, 0) is 19.6 Å². The van der Waals surface area contributed by atoms with Crippen LogP contribution in [-0.4, -0.2) is 37.4 Å². The van der Waals surface area contributed by atoms with E-state index in [1.807, 2.05) is 0 Å². The second-order valence-electron chi connectivity index (χ2n) is 3.87. The van der Waals surface area contributed by atoms with E-state index >= 15 is 0 Å². The quantitative estimate of drug-likeness (QED) is 0.699. The van der Waals surface area contributed by atoms with Gasteiger partial charge in [-0.05, 0) is 13.3 Å². The molecule has 0 fully saturated rings. The van der Waals surface area contributed by atoms with Gasteiger partial charge in [-0.25, -0.2) is 13.1 Å². The molecule has 7 nitrogen and oxygen atoms in total. The van der Waals surface area contributed by atoms with E-state index in [1.54, 1.807) is 19.3 Å². The highest BCUT2D eigenvalue weighted by Gasteiger charge is 2.16. The molecule has 0 bridgehead atoms. The number of nitrogens with zero attached hydrogens (tertiary/aromatic N) is 1. The number of ether oxygens (including phenoxy) is 1. The van der Waals surface area contributed by atoms with E-state index in [9.17, 15) is 13.2 Å². The molecule has 1 aromatic rings. The minimum absolute atomic E-state index is 0.0947. The lowest BCUT2D eigenvalue weighted by Gasteiger charge is -2.12. The van der Waals surface area contributed by atoms with Crippen molar-refractivity contribution in [1.82, 2.24) is 14.9 Å². The summed E-state index contributed by atoms with van der Waals surface area (Å²) in [6.07, 6.45) is 3.51. The highest BCUT2D eigenvalue weighted by molar-refractivity contribution is 7.89. The number of esters is 1. The molecule has 1 atom stereocenters. The third-order valence-corrected chi connectivity index (χ3v) is 3.94.